The third-order valence-electron chi connectivity index (χ3n) is 3.66. The zero-order valence-electron chi connectivity index (χ0n) is 22.2. The Bertz CT molecular complexity index is 939. The van der Waals surface area contributed by atoms with Crippen LogP contribution in [0.3, 0.4) is 0 Å². The second-order valence-corrected chi connectivity index (χ2v) is 9.54. The van der Waals surface area contributed by atoms with Crippen molar-refractivity contribution in [1.82, 2.24) is 21.3 Å². The summed E-state index contributed by atoms with van der Waals surface area (Å²) in [5, 5.41) is 10.2. The predicted molar refractivity (Wildman–Crippen MR) is 137 cm³/mol. The number of carbonyl (C=O) groups is 4. The number of hydrogen-bond donors (Lipinski definition) is 5. The largest absolute Gasteiger partial charge is 0.444 e. The standard InChI is InChI=1S/C17H23N3O3.C8H16N2O3/c1-12-9-13(5-6-18)11-14(10-12)15(21)19-7-8-20-16(22)23-17(2,3)4;1-8(2,3)13-7(12)10-5-4-9-6-11/h9-11H,7-8,18H2,1-4H3,(H,19,21)(H,20,22);6H,4-5H2,1-3H3,(H,9,11)(H,10,12). The minimum absolute atomic E-state index is 0.236. The van der Waals surface area contributed by atoms with Crippen LogP contribution in [0.5, 0.6) is 0 Å². The second-order valence-electron chi connectivity index (χ2n) is 9.54. The van der Waals surface area contributed by atoms with Gasteiger partial charge in [0.1, 0.15) is 11.2 Å². The van der Waals surface area contributed by atoms with E-state index >= 15 is 0 Å². The van der Waals surface area contributed by atoms with E-state index in [-0.39, 0.29) is 12.5 Å². The summed E-state index contributed by atoms with van der Waals surface area (Å²) >= 11 is 0. The van der Waals surface area contributed by atoms with Gasteiger partial charge in [-0.05, 0) is 78.1 Å². The molecule has 0 bridgehead atoms. The number of rotatable bonds is 8. The van der Waals surface area contributed by atoms with Crippen molar-refractivity contribution in [3.05, 3.63) is 34.9 Å². The van der Waals surface area contributed by atoms with Crippen molar-refractivity contribution in [3.8, 4) is 12.0 Å². The van der Waals surface area contributed by atoms with Gasteiger partial charge < -0.3 is 36.5 Å². The van der Waals surface area contributed by atoms with Crippen molar-refractivity contribution in [2.45, 2.75) is 59.7 Å². The molecular formula is C25H39N5O6. The summed E-state index contributed by atoms with van der Waals surface area (Å²) in [5.74, 6) is 2.49. The molecule has 0 aromatic heterocycles. The fraction of sp³-hybridized carbons (Fsp3) is 0.520. The number of amides is 4. The minimum Gasteiger partial charge on any atom is -0.444 e. The minimum atomic E-state index is -0.546. The van der Waals surface area contributed by atoms with Gasteiger partial charge in [-0.1, -0.05) is 0 Å². The van der Waals surface area contributed by atoms with E-state index in [4.69, 9.17) is 15.2 Å². The molecule has 36 heavy (non-hydrogen) atoms. The molecule has 1 rings (SSSR count). The van der Waals surface area contributed by atoms with Crippen LogP contribution in [0.1, 0.15) is 63.0 Å². The summed E-state index contributed by atoms with van der Waals surface area (Å²) < 4.78 is 10.0. The lowest BCUT2D eigenvalue weighted by molar-refractivity contribution is -0.109. The quantitative estimate of drug-likeness (QED) is 0.156. The van der Waals surface area contributed by atoms with Gasteiger partial charge >= 0.3 is 12.2 Å². The van der Waals surface area contributed by atoms with E-state index in [2.05, 4.69) is 33.2 Å². The third kappa shape index (κ3) is 17.5. The van der Waals surface area contributed by atoms with Crippen molar-refractivity contribution in [2.75, 3.05) is 26.2 Å². The molecule has 0 saturated heterocycles. The maximum atomic E-state index is 12.1. The molecule has 1 aromatic carbocycles. The first-order valence-corrected chi connectivity index (χ1v) is 11.4. The molecule has 200 valence electrons. The molecule has 4 amide bonds. The predicted octanol–water partition coefficient (Wildman–Crippen LogP) is 1.77. The first kappa shape index (κ1) is 32.1. The van der Waals surface area contributed by atoms with E-state index in [9.17, 15) is 19.2 Å². The van der Waals surface area contributed by atoms with Crippen molar-refractivity contribution in [2.24, 2.45) is 5.73 Å². The van der Waals surface area contributed by atoms with Gasteiger partial charge in [0.15, 0.2) is 0 Å². The van der Waals surface area contributed by atoms with Gasteiger partial charge in [-0.15, -0.1) is 0 Å². The van der Waals surface area contributed by atoms with E-state index in [0.717, 1.165) is 5.56 Å². The number of carbonyl (C=O) groups excluding carboxylic acids is 4. The lowest BCUT2D eigenvalue weighted by Gasteiger charge is -2.19. The van der Waals surface area contributed by atoms with E-state index in [1.807, 2.05) is 13.0 Å². The fourth-order valence-corrected chi connectivity index (χ4v) is 2.44. The van der Waals surface area contributed by atoms with Gasteiger partial charge in [-0.3, -0.25) is 9.59 Å². The van der Waals surface area contributed by atoms with Gasteiger partial charge in [0.05, 0.1) is 0 Å². The highest BCUT2D eigenvalue weighted by molar-refractivity contribution is 5.94. The molecule has 0 unspecified atom stereocenters. The van der Waals surface area contributed by atoms with Crippen LogP contribution >= 0.6 is 0 Å². The van der Waals surface area contributed by atoms with E-state index in [0.29, 0.717) is 37.2 Å². The molecule has 0 aliphatic rings. The summed E-state index contributed by atoms with van der Waals surface area (Å²) in [4.78, 5) is 44.3. The second kappa shape index (κ2) is 15.9. The Hall–Kier alpha value is -3.94. The number of ether oxygens (including phenoxy) is 2. The molecule has 0 saturated carbocycles. The van der Waals surface area contributed by atoms with Crippen LogP contribution in [0.4, 0.5) is 9.59 Å². The van der Waals surface area contributed by atoms with Gasteiger partial charge in [0.25, 0.3) is 5.91 Å². The molecule has 0 aliphatic heterocycles. The number of aryl methyl sites for hydroxylation is 1. The Morgan fingerprint density at radius 2 is 1.36 bits per heavy atom. The SMILES string of the molecule is CC(C)(C)OC(=O)NCCNC=O.Cc1cc(C#CN)cc(C(=O)NCCNC(=O)OC(C)(C)C)c1. The Morgan fingerprint density at radius 1 is 0.861 bits per heavy atom. The molecule has 0 aliphatic carbocycles. The van der Waals surface area contributed by atoms with E-state index < -0.39 is 23.4 Å². The number of nitrogens with two attached hydrogens (primary N) is 1. The highest BCUT2D eigenvalue weighted by Gasteiger charge is 2.16. The first-order chi connectivity index (χ1) is 16.7. The summed E-state index contributed by atoms with van der Waals surface area (Å²) in [7, 11) is 0. The highest BCUT2D eigenvalue weighted by atomic mass is 16.6. The van der Waals surface area contributed by atoms with Gasteiger partial charge in [0.2, 0.25) is 6.41 Å². The van der Waals surface area contributed by atoms with Crippen LogP contribution in [0.15, 0.2) is 18.2 Å². The van der Waals surface area contributed by atoms with Gasteiger partial charge in [-0.2, -0.15) is 0 Å². The molecule has 11 nitrogen and oxygen atoms in total. The molecule has 11 heteroatoms. The molecule has 0 heterocycles. The Morgan fingerprint density at radius 3 is 1.83 bits per heavy atom. The Labute approximate surface area is 213 Å². The maximum Gasteiger partial charge on any atom is 0.407 e. The average Bonchev–Trinajstić information content (AvgIpc) is 2.72. The molecule has 0 atom stereocenters. The van der Waals surface area contributed by atoms with Crippen LogP contribution in [0, 0.1) is 18.9 Å². The molecular weight excluding hydrogens is 466 g/mol. The van der Waals surface area contributed by atoms with Gasteiger partial charge in [-0.25, -0.2) is 9.59 Å². The van der Waals surface area contributed by atoms with Gasteiger partial charge in [0, 0.05) is 43.4 Å². The topological polar surface area (TPSA) is 161 Å². The van der Waals surface area contributed by atoms with Crippen LogP contribution in [0.2, 0.25) is 0 Å². The van der Waals surface area contributed by atoms with Crippen LogP contribution in [-0.4, -0.2) is 61.9 Å². The molecule has 6 N–H and O–H groups in total. The lowest BCUT2D eigenvalue weighted by Crippen LogP contribution is -2.37. The van der Waals surface area contributed by atoms with Crippen molar-refractivity contribution in [3.63, 3.8) is 0 Å². The Balaban J connectivity index is 0.000000802. The van der Waals surface area contributed by atoms with Crippen LogP contribution in [0.25, 0.3) is 0 Å². The molecule has 0 radical (unpaired) electrons. The Kier molecular flexibility index (Phi) is 14.1. The number of nitrogens with one attached hydrogen (secondary N) is 4. The molecule has 1 aromatic rings. The average molecular weight is 506 g/mol. The molecule has 0 fully saturated rings. The monoisotopic (exact) mass is 505 g/mol. The summed E-state index contributed by atoms with van der Waals surface area (Å²) in [5.41, 5.74) is 6.27. The normalized spacial score (nSPS) is 10.3. The third-order valence-corrected chi connectivity index (χ3v) is 3.66. The summed E-state index contributed by atoms with van der Waals surface area (Å²) in [6, 6.07) is 7.60. The van der Waals surface area contributed by atoms with Crippen molar-refractivity contribution < 1.29 is 28.7 Å². The van der Waals surface area contributed by atoms with Crippen molar-refractivity contribution in [1.29, 1.82) is 0 Å². The zero-order chi connectivity index (χ0) is 27.8. The smallest absolute Gasteiger partial charge is 0.407 e. The van der Waals surface area contributed by atoms with E-state index in [1.165, 1.54) is 0 Å². The van der Waals surface area contributed by atoms with E-state index in [1.54, 1.807) is 53.7 Å². The number of hydrogen-bond acceptors (Lipinski definition) is 7. The maximum absolute atomic E-state index is 12.1. The lowest BCUT2D eigenvalue weighted by atomic mass is 10.1. The number of benzene rings is 1. The van der Waals surface area contributed by atoms with Crippen LogP contribution in [-0.2, 0) is 14.3 Å². The summed E-state index contributed by atoms with van der Waals surface area (Å²) in [6.45, 7) is 13.9. The van der Waals surface area contributed by atoms with Crippen LogP contribution < -0.4 is 27.0 Å². The summed E-state index contributed by atoms with van der Waals surface area (Å²) in [6.07, 6.45) is -0.403. The molecule has 0 spiro atoms. The van der Waals surface area contributed by atoms with Crippen molar-refractivity contribution >= 4 is 24.5 Å². The first-order valence-electron chi connectivity index (χ1n) is 11.4. The highest BCUT2D eigenvalue weighted by Crippen LogP contribution is 2.09. The fourth-order valence-electron chi connectivity index (χ4n) is 2.44. The zero-order valence-corrected chi connectivity index (χ0v) is 22.2. The number of alkyl carbamates (subject to hydrolysis) is 2.